The van der Waals surface area contributed by atoms with Gasteiger partial charge in [-0.3, -0.25) is 4.79 Å². The van der Waals surface area contributed by atoms with Crippen LogP contribution in [0.4, 0.5) is 11.4 Å². The van der Waals surface area contributed by atoms with Crippen LogP contribution in [0.25, 0.3) is 0 Å². The van der Waals surface area contributed by atoms with Crippen molar-refractivity contribution in [1.29, 1.82) is 0 Å². The van der Waals surface area contributed by atoms with Crippen LogP contribution >= 0.6 is 0 Å². The van der Waals surface area contributed by atoms with Crippen LogP contribution in [0, 0.1) is 0 Å². The number of hydrogen-bond acceptors (Lipinski definition) is 4. The van der Waals surface area contributed by atoms with Gasteiger partial charge in [0.15, 0.2) is 0 Å². The molecule has 1 atom stereocenters. The van der Waals surface area contributed by atoms with E-state index in [1.54, 1.807) is 12.3 Å². The minimum absolute atomic E-state index is 0.0482. The van der Waals surface area contributed by atoms with E-state index < -0.39 is 0 Å². The summed E-state index contributed by atoms with van der Waals surface area (Å²) in [6.07, 6.45) is 4.18. The summed E-state index contributed by atoms with van der Waals surface area (Å²) < 4.78 is 5.59. The van der Waals surface area contributed by atoms with E-state index in [2.05, 4.69) is 36.4 Å². The molecular formula is C21H27N3O2. The van der Waals surface area contributed by atoms with Crippen molar-refractivity contribution in [2.75, 3.05) is 23.8 Å². The van der Waals surface area contributed by atoms with Crippen molar-refractivity contribution < 1.29 is 9.53 Å². The standard InChI is InChI=1S/C21H27N3O2/c1-21(2,3)17-8-4-5-9-18(17)24-20(25)19-11-10-15(13-23-19)22-14-16-7-6-12-26-16/h4-5,8-11,13,16,22H,6-7,12,14H2,1-3H3,(H,24,25). The van der Waals surface area contributed by atoms with Gasteiger partial charge in [0.2, 0.25) is 0 Å². The minimum Gasteiger partial charge on any atom is -0.381 e. The van der Waals surface area contributed by atoms with Crippen molar-refractivity contribution >= 4 is 17.3 Å². The van der Waals surface area contributed by atoms with E-state index in [-0.39, 0.29) is 17.4 Å². The zero-order valence-electron chi connectivity index (χ0n) is 15.7. The number of carbonyl (C=O) groups excluding carboxylic acids is 1. The molecule has 1 aliphatic heterocycles. The Labute approximate surface area is 155 Å². The number of nitrogens with zero attached hydrogens (tertiary/aromatic N) is 1. The molecule has 0 spiro atoms. The molecule has 0 radical (unpaired) electrons. The maximum atomic E-state index is 12.6. The highest BCUT2D eigenvalue weighted by molar-refractivity contribution is 6.03. The lowest BCUT2D eigenvalue weighted by Crippen LogP contribution is -2.20. The Bertz CT molecular complexity index is 745. The van der Waals surface area contributed by atoms with Crippen LogP contribution in [0.5, 0.6) is 0 Å². The highest BCUT2D eigenvalue weighted by Gasteiger charge is 2.19. The van der Waals surface area contributed by atoms with Gasteiger partial charge in [0, 0.05) is 18.8 Å². The molecule has 1 saturated heterocycles. The highest BCUT2D eigenvalue weighted by Crippen LogP contribution is 2.29. The molecule has 1 aromatic carbocycles. The maximum absolute atomic E-state index is 12.6. The Morgan fingerprint density at radius 2 is 2.04 bits per heavy atom. The number of pyridine rings is 1. The second kappa shape index (κ2) is 7.87. The third-order valence-corrected chi connectivity index (χ3v) is 4.54. The molecular weight excluding hydrogens is 326 g/mol. The fraction of sp³-hybridized carbons (Fsp3) is 0.429. The molecule has 2 aromatic rings. The summed E-state index contributed by atoms with van der Waals surface area (Å²) in [5.74, 6) is -0.202. The molecule has 1 unspecified atom stereocenters. The Morgan fingerprint density at radius 1 is 1.23 bits per heavy atom. The van der Waals surface area contributed by atoms with E-state index in [1.807, 2.05) is 30.3 Å². The summed E-state index contributed by atoms with van der Waals surface area (Å²) in [6.45, 7) is 8.01. The van der Waals surface area contributed by atoms with E-state index in [0.717, 1.165) is 42.9 Å². The largest absolute Gasteiger partial charge is 0.381 e. The van der Waals surface area contributed by atoms with Gasteiger partial charge in [0.05, 0.1) is 18.0 Å². The summed E-state index contributed by atoms with van der Waals surface area (Å²) in [7, 11) is 0. The Balaban J connectivity index is 1.63. The number of carbonyl (C=O) groups is 1. The molecule has 26 heavy (non-hydrogen) atoms. The molecule has 1 fully saturated rings. The van der Waals surface area contributed by atoms with Crippen molar-refractivity contribution in [2.45, 2.75) is 45.1 Å². The number of nitrogens with one attached hydrogen (secondary N) is 2. The molecule has 138 valence electrons. The Morgan fingerprint density at radius 3 is 2.69 bits per heavy atom. The van der Waals surface area contributed by atoms with Crippen molar-refractivity contribution in [1.82, 2.24) is 4.98 Å². The molecule has 1 amide bonds. The normalized spacial score (nSPS) is 17.1. The van der Waals surface area contributed by atoms with Gasteiger partial charge in [-0.2, -0.15) is 0 Å². The molecule has 2 N–H and O–H groups in total. The molecule has 5 heteroatoms. The third-order valence-electron chi connectivity index (χ3n) is 4.54. The molecule has 2 heterocycles. The van der Waals surface area contributed by atoms with Crippen LogP contribution in [-0.4, -0.2) is 30.1 Å². The van der Waals surface area contributed by atoms with Gasteiger partial charge in [-0.05, 0) is 42.0 Å². The summed E-state index contributed by atoms with van der Waals surface area (Å²) in [5, 5.41) is 6.30. The lowest BCUT2D eigenvalue weighted by atomic mass is 9.86. The van der Waals surface area contributed by atoms with Crippen molar-refractivity contribution in [3.63, 3.8) is 0 Å². The number of benzene rings is 1. The number of rotatable bonds is 5. The van der Waals surface area contributed by atoms with Crippen LogP contribution in [-0.2, 0) is 10.2 Å². The third kappa shape index (κ3) is 4.61. The fourth-order valence-corrected chi connectivity index (χ4v) is 3.10. The number of hydrogen-bond donors (Lipinski definition) is 2. The van der Waals surface area contributed by atoms with Crippen LogP contribution in [0.1, 0.15) is 49.7 Å². The number of para-hydroxylation sites is 1. The van der Waals surface area contributed by atoms with Gasteiger partial charge >= 0.3 is 0 Å². The van der Waals surface area contributed by atoms with Gasteiger partial charge in [0.1, 0.15) is 5.69 Å². The van der Waals surface area contributed by atoms with Gasteiger partial charge in [-0.25, -0.2) is 4.98 Å². The van der Waals surface area contributed by atoms with Crippen LogP contribution in [0.3, 0.4) is 0 Å². The Hall–Kier alpha value is -2.40. The smallest absolute Gasteiger partial charge is 0.274 e. The Kier molecular flexibility index (Phi) is 5.57. The quantitative estimate of drug-likeness (QED) is 0.845. The fourth-order valence-electron chi connectivity index (χ4n) is 3.10. The van der Waals surface area contributed by atoms with Crippen molar-refractivity contribution in [3.8, 4) is 0 Å². The monoisotopic (exact) mass is 353 g/mol. The van der Waals surface area contributed by atoms with Crippen LogP contribution in [0.2, 0.25) is 0 Å². The number of anilines is 2. The summed E-state index contributed by atoms with van der Waals surface area (Å²) in [4.78, 5) is 16.9. The van der Waals surface area contributed by atoms with Crippen molar-refractivity contribution in [3.05, 3.63) is 53.9 Å². The predicted molar refractivity (Wildman–Crippen MR) is 105 cm³/mol. The predicted octanol–water partition coefficient (Wildman–Crippen LogP) is 4.22. The number of amides is 1. The molecule has 1 aromatic heterocycles. The topological polar surface area (TPSA) is 63.2 Å². The molecule has 5 nitrogen and oxygen atoms in total. The molecule has 0 saturated carbocycles. The van der Waals surface area contributed by atoms with Crippen LogP contribution in [0.15, 0.2) is 42.6 Å². The minimum atomic E-state index is -0.202. The highest BCUT2D eigenvalue weighted by atomic mass is 16.5. The number of ether oxygens (including phenoxy) is 1. The first kappa shape index (κ1) is 18.4. The average molecular weight is 353 g/mol. The zero-order valence-corrected chi connectivity index (χ0v) is 15.7. The van der Waals surface area contributed by atoms with E-state index in [1.165, 1.54) is 0 Å². The molecule has 0 bridgehead atoms. The van der Waals surface area contributed by atoms with Crippen molar-refractivity contribution in [2.24, 2.45) is 0 Å². The first-order valence-corrected chi connectivity index (χ1v) is 9.16. The van der Waals surface area contributed by atoms with Crippen LogP contribution < -0.4 is 10.6 Å². The first-order valence-electron chi connectivity index (χ1n) is 9.16. The van der Waals surface area contributed by atoms with Gasteiger partial charge in [-0.1, -0.05) is 39.0 Å². The summed E-state index contributed by atoms with van der Waals surface area (Å²) in [5.41, 5.74) is 3.17. The molecule has 0 aliphatic carbocycles. The van der Waals surface area contributed by atoms with Gasteiger partial charge in [-0.15, -0.1) is 0 Å². The van der Waals surface area contributed by atoms with E-state index in [4.69, 9.17) is 4.74 Å². The second-order valence-corrected chi connectivity index (χ2v) is 7.70. The van der Waals surface area contributed by atoms with E-state index in [0.29, 0.717) is 5.69 Å². The lowest BCUT2D eigenvalue weighted by Gasteiger charge is -2.22. The molecule has 1 aliphatic rings. The molecule has 3 rings (SSSR count). The second-order valence-electron chi connectivity index (χ2n) is 7.70. The van der Waals surface area contributed by atoms with E-state index >= 15 is 0 Å². The average Bonchev–Trinajstić information content (AvgIpc) is 3.13. The van der Waals surface area contributed by atoms with Gasteiger partial charge in [0.25, 0.3) is 5.91 Å². The maximum Gasteiger partial charge on any atom is 0.274 e. The summed E-state index contributed by atoms with van der Waals surface area (Å²) in [6, 6.07) is 11.5. The van der Waals surface area contributed by atoms with E-state index in [9.17, 15) is 4.79 Å². The first-order chi connectivity index (χ1) is 12.4. The van der Waals surface area contributed by atoms with Gasteiger partial charge < -0.3 is 15.4 Å². The SMILES string of the molecule is CC(C)(C)c1ccccc1NC(=O)c1ccc(NCC2CCCO2)cn1. The summed E-state index contributed by atoms with van der Waals surface area (Å²) >= 11 is 0. The lowest BCUT2D eigenvalue weighted by molar-refractivity contribution is 0.102. The zero-order chi connectivity index (χ0) is 18.6. The number of aromatic nitrogens is 1.